The van der Waals surface area contributed by atoms with E-state index in [1.54, 1.807) is 18.4 Å². The molecule has 0 aliphatic heterocycles. The smallest absolute Gasteiger partial charge is 0.134 e. The lowest BCUT2D eigenvalue weighted by molar-refractivity contribution is 0.413. The average molecular weight is 368 g/mol. The maximum absolute atomic E-state index is 6.70. The zero-order valence-corrected chi connectivity index (χ0v) is 13.9. The zero-order chi connectivity index (χ0) is 14.1. The first-order valence-electron chi connectivity index (χ1n) is 6.15. The summed E-state index contributed by atoms with van der Waals surface area (Å²) in [7, 11) is 1.68. The first-order chi connectivity index (χ1) is 9.72. The zero-order valence-electron chi connectivity index (χ0n) is 10.8. The van der Waals surface area contributed by atoms with Gasteiger partial charge in [-0.05, 0) is 33.8 Å². The summed E-state index contributed by atoms with van der Waals surface area (Å²) in [5, 5.41) is 4.14. The van der Waals surface area contributed by atoms with Crippen LogP contribution in [0.5, 0.6) is 5.75 Å². The van der Waals surface area contributed by atoms with Crippen molar-refractivity contribution in [3.63, 3.8) is 0 Å². The Morgan fingerprint density at radius 1 is 1.10 bits per heavy atom. The van der Waals surface area contributed by atoms with Crippen molar-refractivity contribution in [1.29, 1.82) is 0 Å². The summed E-state index contributed by atoms with van der Waals surface area (Å²) >= 11 is 11.9. The number of rotatable bonds is 3. The Morgan fingerprint density at radius 3 is 2.60 bits per heavy atom. The minimum Gasteiger partial charge on any atom is -0.496 e. The largest absolute Gasteiger partial charge is 0.496 e. The minimum absolute atomic E-state index is 0.206. The molecule has 0 aliphatic carbocycles. The highest BCUT2D eigenvalue weighted by atomic mass is 79.9. The van der Waals surface area contributed by atoms with Crippen molar-refractivity contribution in [3.05, 3.63) is 62.8 Å². The molecule has 0 N–H and O–H groups in total. The fraction of sp³-hybridized carbons (Fsp3) is 0.125. The molecule has 1 nitrogen and oxygen atoms in total. The molecule has 0 amide bonds. The van der Waals surface area contributed by atoms with Crippen LogP contribution in [0, 0.1) is 0 Å². The van der Waals surface area contributed by atoms with Crippen molar-refractivity contribution >= 4 is 49.6 Å². The number of thiophene rings is 1. The number of hydrogen-bond donors (Lipinski definition) is 0. The Kier molecular flexibility index (Phi) is 4.01. The van der Waals surface area contributed by atoms with E-state index in [0.717, 1.165) is 26.0 Å². The fourth-order valence-corrected chi connectivity index (χ4v) is 4.09. The number of hydrogen-bond acceptors (Lipinski definition) is 2. The molecule has 0 saturated heterocycles. The van der Waals surface area contributed by atoms with Crippen LogP contribution in [0.25, 0.3) is 10.8 Å². The molecule has 0 aliphatic rings. The number of methoxy groups -OCH3 is 1. The number of benzene rings is 2. The van der Waals surface area contributed by atoms with E-state index < -0.39 is 0 Å². The number of alkyl halides is 1. The van der Waals surface area contributed by atoms with Gasteiger partial charge in [-0.1, -0.05) is 46.3 Å². The van der Waals surface area contributed by atoms with Gasteiger partial charge in [0.15, 0.2) is 0 Å². The van der Waals surface area contributed by atoms with Gasteiger partial charge in [-0.15, -0.1) is 22.9 Å². The van der Waals surface area contributed by atoms with Gasteiger partial charge < -0.3 is 4.74 Å². The molecule has 0 spiro atoms. The van der Waals surface area contributed by atoms with Crippen LogP contribution in [0.1, 0.15) is 15.8 Å². The number of fused-ring (bicyclic) bond motifs is 1. The molecule has 3 aromatic rings. The molecule has 0 bridgehead atoms. The summed E-state index contributed by atoms with van der Waals surface area (Å²) in [6, 6.07) is 14.3. The SMILES string of the molecule is COc1ccsc1C(Cl)c1ccc(Br)c2ccccc12. The van der Waals surface area contributed by atoms with Crippen LogP contribution < -0.4 is 4.74 Å². The molecule has 4 heteroatoms. The molecule has 1 heterocycles. The van der Waals surface area contributed by atoms with Crippen molar-refractivity contribution in [3.8, 4) is 5.75 Å². The number of ether oxygens (including phenoxy) is 1. The predicted octanol–water partition coefficient (Wildman–Crippen LogP) is 6.00. The van der Waals surface area contributed by atoms with Gasteiger partial charge in [0, 0.05) is 4.47 Å². The van der Waals surface area contributed by atoms with Gasteiger partial charge >= 0.3 is 0 Å². The van der Waals surface area contributed by atoms with Gasteiger partial charge in [0.2, 0.25) is 0 Å². The fourth-order valence-electron chi connectivity index (χ4n) is 2.31. The maximum atomic E-state index is 6.70. The normalized spacial score (nSPS) is 12.6. The van der Waals surface area contributed by atoms with E-state index in [-0.39, 0.29) is 5.38 Å². The van der Waals surface area contributed by atoms with Gasteiger partial charge in [0.1, 0.15) is 5.75 Å². The second-order valence-electron chi connectivity index (χ2n) is 4.40. The van der Waals surface area contributed by atoms with Gasteiger partial charge in [-0.3, -0.25) is 0 Å². The molecule has 2 aromatic carbocycles. The molecule has 20 heavy (non-hydrogen) atoms. The molecular formula is C16H12BrClOS. The average Bonchev–Trinajstić information content (AvgIpc) is 2.96. The van der Waals surface area contributed by atoms with Crippen LogP contribution in [0.15, 0.2) is 52.3 Å². The van der Waals surface area contributed by atoms with E-state index in [9.17, 15) is 0 Å². The van der Waals surface area contributed by atoms with Crippen molar-refractivity contribution in [2.75, 3.05) is 7.11 Å². The highest BCUT2D eigenvalue weighted by molar-refractivity contribution is 9.10. The summed E-state index contributed by atoms with van der Waals surface area (Å²) in [5.41, 5.74) is 1.10. The predicted molar refractivity (Wildman–Crippen MR) is 90.2 cm³/mol. The Labute approximate surface area is 135 Å². The minimum atomic E-state index is -0.206. The highest BCUT2D eigenvalue weighted by Gasteiger charge is 2.19. The molecule has 1 atom stereocenters. The molecular weight excluding hydrogens is 356 g/mol. The third-order valence-corrected chi connectivity index (χ3v) is 5.52. The van der Waals surface area contributed by atoms with Gasteiger partial charge in [0.25, 0.3) is 0 Å². The maximum Gasteiger partial charge on any atom is 0.134 e. The molecule has 102 valence electrons. The molecule has 1 unspecified atom stereocenters. The van der Waals surface area contributed by atoms with E-state index in [4.69, 9.17) is 16.3 Å². The summed E-state index contributed by atoms with van der Waals surface area (Å²) in [6.07, 6.45) is 0. The summed E-state index contributed by atoms with van der Waals surface area (Å²) in [6.45, 7) is 0. The monoisotopic (exact) mass is 366 g/mol. The third kappa shape index (κ3) is 2.34. The summed E-state index contributed by atoms with van der Waals surface area (Å²) < 4.78 is 6.46. The van der Waals surface area contributed by atoms with Crippen LogP contribution in [-0.2, 0) is 0 Å². The summed E-state index contributed by atoms with van der Waals surface area (Å²) in [5.74, 6) is 0.849. The first-order valence-corrected chi connectivity index (χ1v) is 8.26. The molecule has 0 saturated carbocycles. The van der Waals surface area contributed by atoms with E-state index in [1.807, 2.05) is 29.6 Å². The number of halogens is 2. The highest BCUT2D eigenvalue weighted by Crippen LogP contribution is 2.42. The van der Waals surface area contributed by atoms with E-state index in [2.05, 4.69) is 34.1 Å². The van der Waals surface area contributed by atoms with Crippen molar-refractivity contribution in [2.45, 2.75) is 5.38 Å². The van der Waals surface area contributed by atoms with Gasteiger partial charge in [0.05, 0.1) is 17.4 Å². The molecule has 0 radical (unpaired) electrons. The topological polar surface area (TPSA) is 9.23 Å². The van der Waals surface area contributed by atoms with Crippen LogP contribution in [0.4, 0.5) is 0 Å². The Bertz CT molecular complexity index is 753. The molecule has 1 aromatic heterocycles. The van der Waals surface area contributed by atoms with Crippen LogP contribution in [0.2, 0.25) is 0 Å². The van der Waals surface area contributed by atoms with Crippen molar-refractivity contribution < 1.29 is 4.74 Å². The van der Waals surface area contributed by atoms with E-state index in [0.29, 0.717) is 0 Å². The standard InChI is InChI=1S/C16H12BrClOS/c1-19-14-8-9-20-16(14)15(18)12-6-7-13(17)11-5-3-2-4-10(11)12/h2-9,15H,1H3. The first kappa shape index (κ1) is 13.9. The van der Waals surface area contributed by atoms with Gasteiger partial charge in [-0.25, -0.2) is 0 Å². The second-order valence-corrected chi connectivity index (χ2v) is 6.64. The quantitative estimate of drug-likeness (QED) is 0.516. The summed E-state index contributed by atoms with van der Waals surface area (Å²) in [4.78, 5) is 1.04. The Morgan fingerprint density at radius 2 is 1.85 bits per heavy atom. The lowest BCUT2D eigenvalue weighted by Gasteiger charge is -2.14. The van der Waals surface area contributed by atoms with E-state index in [1.165, 1.54) is 5.39 Å². The van der Waals surface area contributed by atoms with E-state index >= 15 is 0 Å². The second kappa shape index (κ2) is 5.76. The van der Waals surface area contributed by atoms with Gasteiger partial charge in [-0.2, -0.15) is 0 Å². The lowest BCUT2D eigenvalue weighted by Crippen LogP contribution is -1.95. The van der Waals surface area contributed by atoms with Crippen molar-refractivity contribution in [1.82, 2.24) is 0 Å². The van der Waals surface area contributed by atoms with Crippen LogP contribution in [-0.4, -0.2) is 7.11 Å². The lowest BCUT2D eigenvalue weighted by atomic mass is 10.0. The van der Waals surface area contributed by atoms with Crippen LogP contribution in [0.3, 0.4) is 0 Å². The Hall–Kier alpha value is -1.03. The molecule has 3 rings (SSSR count). The van der Waals surface area contributed by atoms with Crippen molar-refractivity contribution in [2.24, 2.45) is 0 Å². The molecule has 0 fully saturated rings. The van der Waals surface area contributed by atoms with Crippen LogP contribution >= 0.6 is 38.9 Å². The Balaban J connectivity index is 2.17. The third-order valence-electron chi connectivity index (χ3n) is 3.29.